The Balaban J connectivity index is 1.94. The van der Waals surface area contributed by atoms with Crippen LogP contribution in [0.4, 0.5) is 10.1 Å². The van der Waals surface area contributed by atoms with Crippen LogP contribution in [0.1, 0.15) is 17.2 Å². The van der Waals surface area contributed by atoms with Gasteiger partial charge in [0.05, 0.1) is 33.2 Å². The van der Waals surface area contributed by atoms with E-state index in [1.54, 1.807) is 24.3 Å². The van der Waals surface area contributed by atoms with Crippen LogP contribution >= 0.6 is 39.1 Å². The van der Waals surface area contributed by atoms with Crippen molar-refractivity contribution in [3.05, 3.63) is 97.7 Å². The maximum absolute atomic E-state index is 13.6. The fourth-order valence-corrected chi connectivity index (χ4v) is 4.50. The second-order valence-electron chi connectivity index (χ2n) is 7.17. The van der Waals surface area contributed by atoms with E-state index in [0.717, 1.165) is 0 Å². The summed E-state index contributed by atoms with van der Waals surface area (Å²) >= 11 is 15.5. The van der Waals surface area contributed by atoms with Crippen LogP contribution in [-0.2, 0) is 9.59 Å². The monoisotopic (exact) mass is 549 g/mol. The summed E-state index contributed by atoms with van der Waals surface area (Å²) < 4.78 is 19.4. The lowest BCUT2D eigenvalue weighted by atomic mass is 9.95. The molecule has 1 aliphatic heterocycles. The van der Waals surface area contributed by atoms with Gasteiger partial charge in [0.1, 0.15) is 17.3 Å². The van der Waals surface area contributed by atoms with Crippen LogP contribution in [0.3, 0.4) is 0 Å². The SMILES string of the molecule is COc1ccc(/C(O)=C2\C(=O)C(=O)N(c3ccc(Cl)c(Cl)c3)C2c2ccc(F)cc2)cc1Br. The number of aliphatic hydroxyl groups is 1. The van der Waals surface area contributed by atoms with Crippen molar-refractivity contribution in [1.29, 1.82) is 0 Å². The fourth-order valence-electron chi connectivity index (χ4n) is 3.66. The molecule has 1 fully saturated rings. The van der Waals surface area contributed by atoms with Gasteiger partial charge in [0.2, 0.25) is 0 Å². The van der Waals surface area contributed by atoms with E-state index in [-0.39, 0.29) is 21.4 Å². The number of halogens is 4. The van der Waals surface area contributed by atoms with Gasteiger partial charge in [-0.1, -0.05) is 35.3 Å². The number of carbonyl (C=O) groups excluding carboxylic acids is 2. The minimum atomic E-state index is -1.02. The fraction of sp³-hybridized carbons (Fsp3) is 0.0833. The van der Waals surface area contributed by atoms with E-state index in [1.807, 2.05) is 0 Å². The Morgan fingerprint density at radius 3 is 2.33 bits per heavy atom. The molecule has 1 aliphatic rings. The largest absolute Gasteiger partial charge is 0.507 e. The van der Waals surface area contributed by atoms with E-state index < -0.39 is 23.5 Å². The van der Waals surface area contributed by atoms with Crippen LogP contribution in [0.2, 0.25) is 10.0 Å². The summed E-state index contributed by atoms with van der Waals surface area (Å²) in [6.45, 7) is 0. The Labute approximate surface area is 207 Å². The highest BCUT2D eigenvalue weighted by Crippen LogP contribution is 2.43. The minimum absolute atomic E-state index is 0.144. The Morgan fingerprint density at radius 2 is 1.73 bits per heavy atom. The standard InChI is InChI=1S/C24H15BrCl2FNO4/c1-33-19-9-4-13(10-16(19)25)22(30)20-21(12-2-5-14(28)6-3-12)29(24(32)23(20)31)15-7-8-17(26)18(27)11-15/h2-11,21,30H,1H3/b22-20+. The lowest BCUT2D eigenvalue weighted by Gasteiger charge is -2.25. The molecule has 0 aromatic heterocycles. The number of methoxy groups -OCH3 is 1. The summed E-state index contributed by atoms with van der Waals surface area (Å²) in [6, 6.07) is 13.6. The highest BCUT2D eigenvalue weighted by molar-refractivity contribution is 9.10. The van der Waals surface area contributed by atoms with Crippen molar-refractivity contribution in [2.75, 3.05) is 12.0 Å². The highest BCUT2D eigenvalue weighted by Gasteiger charge is 2.47. The maximum Gasteiger partial charge on any atom is 0.300 e. The summed E-state index contributed by atoms with van der Waals surface area (Å²) in [5, 5.41) is 11.6. The van der Waals surface area contributed by atoms with E-state index >= 15 is 0 Å². The number of benzene rings is 3. The molecule has 1 saturated heterocycles. The third-order valence-electron chi connectivity index (χ3n) is 5.24. The van der Waals surface area contributed by atoms with Gasteiger partial charge in [0, 0.05) is 11.3 Å². The molecule has 4 rings (SSSR count). The molecule has 1 unspecified atom stereocenters. The zero-order valence-electron chi connectivity index (χ0n) is 17.0. The number of rotatable bonds is 4. The minimum Gasteiger partial charge on any atom is -0.507 e. The zero-order valence-corrected chi connectivity index (χ0v) is 20.1. The number of anilines is 1. The Hall–Kier alpha value is -2.87. The Morgan fingerprint density at radius 1 is 1.03 bits per heavy atom. The van der Waals surface area contributed by atoms with Gasteiger partial charge in [-0.05, 0) is 70.0 Å². The number of ketones is 1. The van der Waals surface area contributed by atoms with Crippen LogP contribution in [0.5, 0.6) is 5.75 Å². The van der Waals surface area contributed by atoms with E-state index in [4.69, 9.17) is 27.9 Å². The molecule has 3 aromatic rings. The predicted molar refractivity (Wildman–Crippen MR) is 128 cm³/mol. The van der Waals surface area contributed by atoms with Gasteiger partial charge in [0.15, 0.2) is 0 Å². The average molecular weight is 551 g/mol. The summed E-state index contributed by atoms with van der Waals surface area (Å²) in [5.74, 6) is -2.09. The van der Waals surface area contributed by atoms with Crippen LogP contribution in [0.25, 0.3) is 5.76 Å². The second kappa shape index (κ2) is 9.17. The summed E-state index contributed by atoms with van der Waals surface area (Å²) in [6.07, 6.45) is 0. The Bertz CT molecular complexity index is 1310. The van der Waals surface area contributed by atoms with E-state index in [1.165, 1.54) is 48.4 Å². The molecule has 1 N–H and O–H groups in total. The van der Waals surface area contributed by atoms with Crippen molar-refractivity contribution in [1.82, 2.24) is 0 Å². The van der Waals surface area contributed by atoms with Gasteiger partial charge in [0.25, 0.3) is 11.7 Å². The quantitative estimate of drug-likeness (QED) is 0.228. The number of hydrogen-bond acceptors (Lipinski definition) is 4. The molecule has 0 bridgehead atoms. The molecule has 3 aromatic carbocycles. The number of amides is 1. The van der Waals surface area contributed by atoms with Crippen molar-refractivity contribution < 1.29 is 23.8 Å². The van der Waals surface area contributed by atoms with E-state index in [9.17, 15) is 19.1 Å². The van der Waals surface area contributed by atoms with Gasteiger partial charge >= 0.3 is 0 Å². The number of aliphatic hydroxyl groups excluding tert-OH is 1. The number of nitrogens with zero attached hydrogens (tertiary/aromatic N) is 1. The van der Waals surface area contributed by atoms with Crippen LogP contribution < -0.4 is 9.64 Å². The molecule has 1 atom stereocenters. The van der Waals surface area contributed by atoms with Gasteiger partial charge in [-0.3, -0.25) is 14.5 Å². The van der Waals surface area contributed by atoms with Crippen molar-refractivity contribution in [3.63, 3.8) is 0 Å². The van der Waals surface area contributed by atoms with Gasteiger partial charge < -0.3 is 9.84 Å². The van der Waals surface area contributed by atoms with E-state index in [2.05, 4.69) is 15.9 Å². The number of hydrogen-bond donors (Lipinski definition) is 1. The van der Waals surface area contributed by atoms with Crippen LogP contribution in [0.15, 0.2) is 70.7 Å². The number of Topliss-reactive ketones (excluding diaryl/α,β-unsaturated/α-hetero) is 1. The first-order valence-electron chi connectivity index (χ1n) is 9.58. The van der Waals surface area contributed by atoms with Crippen molar-refractivity contribution in [2.45, 2.75) is 6.04 Å². The lowest BCUT2D eigenvalue weighted by Crippen LogP contribution is -2.29. The van der Waals surface area contributed by atoms with Crippen molar-refractivity contribution in [3.8, 4) is 5.75 Å². The molecule has 0 spiro atoms. The zero-order chi connectivity index (χ0) is 23.9. The first-order chi connectivity index (χ1) is 15.7. The van der Waals surface area contributed by atoms with Gasteiger partial charge in [-0.2, -0.15) is 0 Å². The molecule has 9 heteroatoms. The first kappa shape index (κ1) is 23.3. The normalized spacial score (nSPS) is 17.5. The molecular weight excluding hydrogens is 536 g/mol. The second-order valence-corrected chi connectivity index (χ2v) is 8.84. The van der Waals surface area contributed by atoms with Crippen molar-refractivity contribution >= 4 is 62.3 Å². The van der Waals surface area contributed by atoms with E-state index in [0.29, 0.717) is 27.0 Å². The van der Waals surface area contributed by atoms with Gasteiger partial charge in [-0.25, -0.2) is 4.39 Å². The van der Waals surface area contributed by atoms with Crippen LogP contribution in [0, 0.1) is 5.82 Å². The molecule has 0 saturated carbocycles. The molecule has 1 heterocycles. The molecule has 33 heavy (non-hydrogen) atoms. The molecule has 0 radical (unpaired) electrons. The molecule has 5 nitrogen and oxygen atoms in total. The topological polar surface area (TPSA) is 66.8 Å². The van der Waals surface area contributed by atoms with Crippen molar-refractivity contribution in [2.24, 2.45) is 0 Å². The smallest absolute Gasteiger partial charge is 0.300 e. The highest BCUT2D eigenvalue weighted by atomic mass is 79.9. The van der Waals surface area contributed by atoms with Crippen LogP contribution in [-0.4, -0.2) is 23.9 Å². The van der Waals surface area contributed by atoms with Gasteiger partial charge in [-0.15, -0.1) is 0 Å². The molecule has 0 aliphatic carbocycles. The number of carbonyl (C=O) groups is 2. The molecule has 168 valence electrons. The number of ether oxygens (including phenoxy) is 1. The summed E-state index contributed by atoms with van der Waals surface area (Å²) in [5.41, 5.74) is 0.878. The predicted octanol–water partition coefficient (Wildman–Crippen LogP) is 6.53. The average Bonchev–Trinajstić information content (AvgIpc) is 3.06. The summed E-state index contributed by atoms with van der Waals surface area (Å²) in [4.78, 5) is 27.5. The molecular formula is C24H15BrCl2FNO4. The maximum atomic E-state index is 13.6. The third-order valence-corrected chi connectivity index (χ3v) is 6.60. The Kier molecular flexibility index (Phi) is 6.47. The third kappa shape index (κ3) is 4.24. The lowest BCUT2D eigenvalue weighted by molar-refractivity contribution is -0.132. The molecule has 1 amide bonds. The first-order valence-corrected chi connectivity index (χ1v) is 11.1. The summed E-state index contributed by atoms with van der Waals surface area (Å²) in [7, 11) is 1.50.